The number of benzene rings is 1. The van der Waals surface area contributed by atoms with Gasteiger partial charge in [0.1, 0.15) is 0 Å². The van der Waals surface area contributed by atoms with Gasteiger partial charge < -0.3 is 0 Å². The lowest BCUT2D eigenvalue weighted by molar-refractivity contribution is -0.123. The molecule has 1 saturated heterocycles. The maximum absolute atomic E-state index is 12.9. The van der Waals surface area contributed by atoms with Gasteiger partial charge in [-0.15, -0.1) is 0 Å². The largest absolute Gasteiger partial charge is 0.274 e. The normalized spacial score (nSPS) is 37.7. The van der Waals surface area contributed by atoms with E-state index in [4.69, 9.17) is 0 Å². The Bertz CT molecular complexity index is 687. The molecule has 2 bridgehead atoms. The minimum atomic E-state index is -0.106. The number of imide groups is 1. The summed E-state index contributed by atoms with van der Waals surface area (Å²) in [5, 5.41) is 0. The van der Waals surface area contributed by atoms with Crippen LogP contribution in [0.3, 0.4) is 0 Å². The Morgan fingerprint density at radius 1 is 1.00 bits per heavy atom. The molecule has 21 heavy (non-hydrogen) atoms. The van der Waals surface area contributed by atoms with E-state index >= 15 is 0 Å². The summed E-state index contributed by atoms with van der Waals surface area (Å²) in [7, 11) is 0. The number of carbonyl (C=O) groups excluding carboxylic acids is 2. The highest BCUT2D eigenvalue weighted by Crippen LogP contribution is 2.73. The van der Waals surface area contributed by atoms with Crippen molar-refractivity contribution in [3.05, 3.63) is 40.0 Å². The van der Waals surface area contributed by atoms with Crippen LogP contribution in [0, 0.1) is 32.7 Å². The van der Waals surface area contributed by atoms with Crippen molar-refractivity contribution in [3.63, 3.8) is 0 Å². The third-order valence-electron chi connectivity index (χ3n) is 5.95. The third kappa shape index (κ3) is 1.31. The number of amides is 2. The molecule has 3 fully saturated rings. The van der Waals surface area contributed by atoms with Crippen molar-refractivity contribution in [1.29, 1.82) is 0 Å². The molecular weight excluding hydrogens is 377 g/mol. The van der Waals surface area contributed by atoms with Gasteiger partial charge in [0.2, 0.25) is 11.8 Å². The molecule has 1 aromatic carbocycles. The van der Waals surface area contributed by atoms with Crippen LogP contribution < -0.4 is 4.90 Å². The summed E-state index contributed by atoms with van der Waals surface area (Å²) < 4.78 is 0.957. The van der Waals surface area contributed by atoms with E-state index in [1.54, 1.807) is 0 Å². The molecule has 1 aromatic rings. The fourth-order valence-electron chi connectivity index (χ4n) is 4.95. The number of hydrogen-bond donors (Lipinski definition) is 0. The number of para-hydroxylation sites is 1. The minimum absolute atomic E-state index is 0.0252. The summed E-state index contributed by atoms with van der Waals surface area (Å²) in [6.45, 7) is 0. The maximum Gasteiger partial charge on any atom is 0.238 e. The molecule has 0 aromatic heterocycles. The second kappa shape index (κ2) is 3.77. The first-order chi connectivity index (χ1) is 10.1. The lowest BCUT2D eigenvalue weighted by Gasteiger charge is -2.22. The Balaban J connectivity index is 1.61. The first kappa shape index (κ1) is 12.4. The molecule has 5 rings (SSSR count). The van der Waals surface area contributed by atoms with E-state index in [0.29, 0.717) is 11.8 Å². The first-order valence-electron chi connectivity index (χ1n) is 7.46. The second-order valence-electron chi connectivity index (χ2n) is 6.68. The molecule has 2 saturated carbocycles. The lowest BCUT2D eigenvalue weighted by Crippen LogP contribution is -2.35. The summed E-state index contributed by atoms with van der Waals surface area (Å²) in [4.78, 5) is 27.3. The highest BCUT2D eigenvalue weighted by atomic mass is 127. The summed E-state index contributed by atoms with van der Waals surface area (Å²) in [6.07, 6.45) is 6.80. The summed E-state index contributed by atoms with van der Waals surface area (Å²) in [6, 6.07) is 7.64. The van der Waals surface area contributed by atoms with Crippen molar-refractivity contribution in [2.24, 2.45) is 29.1 Å². The van der Waals surface area contributed by atoms with Crippen LogP contribution in [0.15, 0.2) is 36.4 Å². The van der Waals surface area contributed by atoms with Gasteiger partial charge >= 0.3 is 0 Å². The van der Waals surface area contributed by atoms with E-state index in [2.05, 4.69) is 34.7 Å². The molecule has 3 aliphatic carbocycles. The van der Waals surface area contributed by atoms with E-state index < -0.39 is 0 Å². The van der Waals surface area contributed by atoms with Gasteiger partial charge in [-0.25, -0.2) is 4.90 Å². The Labute approximate surface area is 136 Å². The predicted octanol–water partition coefficient (Wildman–Crippen LogP) is 2.99. The lowest BCUT2D eigenvalue weighted by atomic mass is 9.85. The number of halogens is 1. The molecule has 3 nitrogen and oxygen atoms in total. The minimum Gasteiger partial charge on any atom is -0.274 e. The van der Waals surface area contributed by atoms with E-state index in [0.717, 1.165) is 9.26 Å². The molecule has 4 atom stereocenters. The standard InChI is InChI=1S/C17H14INO2/c18-11-3-1-2-4-12(11)19-15(20)13-9-5-6-10(14(13)16(19)21)17(9)7-8-17/h1-6,9-10,13-14H,7-8H2. The zero-order valence-corrected chi connectivity index (χ0v) is 13.5. The molecule has 1 spiro atoms. The zero-order chi connectivity index (χ0) is 14.4. The number of allylic oxidation sites excluding steroid dienone is 2. The number of fused-ring (bicyclic) bond motifs is 3. The molecule has 4 aliphatic rings. The Hall–Kier alpha value is -1.17. The van der Waals surface area contributed by atoms with Crippen molar-refractivity contribution in [2.75, 3.05) is 4.90 Å². The monoisotopic (exact) mass is 391 g/mol. The highest BCUT2D eigenvalue weighted by molar-refractivity contribution is 14.1. The predicted molar refractivity (Wildman–Crippen MR) is 86.4 cm³/mol. The van der Waals surface area contributed by atoms with Crippen LogP contribution in [0.25, 0.3) is 0 Å². The Morgan fingerprint density at radius 3 is 2.10 bits per heavy atom. The summed E-state index contributed by atoms with van der Waals surface area (Å²) >= 11 is 2.20. The molecule has 1 heterocycles. The first-order valence-corrected chi connectivity index (χ1v) is 8.54. The van der Waals surface area contributed by atoms with Gasteiger partial charge in [-0.1, -0.05) is 24.3 Å². The molecule has 1 aliphatic heterocycles. The van der Waals surface area contributed by atoms with E-state index in [1.165, 1.54) is 17.7 Å². The highest BCUT2D eigenvalue weighted by Gasteiger charge is 2.73. The molecule has 4 unspecified atom stereocenters. The molecule has 0 radical (unpaired) electrons. The molecule has 4 heteroatoms. The van der Waals surface area contributed by atoms with Crippen LogP contribution in [0.1, 0.15) is 12.8 Å². The molecule has 2 amide bonds. The molecule has 0 N–H and O–H groups in total. The van der Waals surface area contributed by atoms with Crippen molar-refractivity contribution in [2.45, 2.75) is 12.8 Å². The fraction of sp³-hybridized carbons (Fsp3) is 0.412. The number of nitrogens with zero attached hydrogens (tertiary/aromatic N) is 1. The van der Waals surface area contributed by atoms with E-state index in [9.17, 15) is 9.59 Å². The number of anilines is 1. The third-order valence-corrected chi connectivity index (χ3v) is 6.86. The number of hydrogen-bond acceptors (Lipinski definition) is 2. The number of rotatable bonds is 1. The average Bonchev–Trinajstić information content (AvgIpc) is 3.07. The van der Waals surface area contributed by atoms with Gasteiger partial charge in [0.15, 0.2) is 0 Å². The van der Waals surface area contributed by atoms with Crippen LogP contribution in [-0.2, 0) is 9.59 Å². The molecular formula is C17H14INO2. The van der Waals surface area contributed by atoms with Crippen molar-refractivity contribution < 1.29 is 9.59 Å². The molecule has 106 valence electrons. The summed E-state index contributed by atoms with van der Waals surface area (Å²) in [5.41, 5.74) is 1.03. The van der Waals surface area contributed by atoms with Crippen LogP contribution in [-0.4, -0.2) is 11.8 Å². The Kier molecular flexibility index (Phi) is 2.22. The van der Waals surface area contributed by atoms with Gasteiger partial charge in [0.05, 0.1) is 17.5 Å². The average molecular weight is 391 g/mol. The van der Waals surface area contributed by atoms with Gasteiger partial charge in [-0.3, -0.25) is 9.59 Å². The maximum atomic E-state index is 12.9. The van der Waals surface area contributed by atoms with Crippen LogP contribution in [0.4, 0.5) is 5.69 Å². The topological polar surface area (TPSA) is 37.4 Å². The summed E-state index contributed by atoms with van der Waals surface area (Å²) in [5.74, 6) is 0.442. The van der Waals surface area contributed by atoms with Crippen molar-refractivity contribution in [3.8, 4) is 0 Å². The van der Waals surface area contributed by atoms with Gasteiger partial charge in [0, 0.05) is 3.57 Å². The van der Waals surface area contributed by atoms with Gasteiger partial charge in [-0.2, -0.15) is 0 Å². The van der Waals surface area contributed by atoms with Crippen LogP contribution >= 0.6 is 22.6 Å². The van der Waals surface area contributed by atoms with Crippen LogP contribution in [0.2, 0.25) is 0 Å². The van der Waals surface area contributed by atoms with Gasteiger partial charge in [-0.05, 0) is 64.8 Å². The fourth-order valence-corrected chi connectivity index (χ4v) is 5.58. The SMILES string of the molecule is O=C1C2C(C(=O)N1c1ccccc1I)C1C=CC2C12CC2. The quantitative estimate of drug-likeness (QED) is 0.420. The van der Waals surface area contributed by atoms with Crippen LogP contribution in [0.5, 0.6) is 0 Å². The van der Waals surface area contributed by atoms with E-state index in [-0.39, 0.29) is 29.1 Å². The second-order valence-corrected chi connectivity index (χ2v) is 7.85. The smallest absolute Gasteiger partial charge is 0.238 e. The number of carbonyl (C=O) groups is 2. The van der Waals surface area contributed by atoms with Gasteiger partial charge in [0.25, 0.3) is 0 Å². The van der Waals surface area contributed by atoms with Crippen molar-refractivity contribution >= 4 is 40.1 Å². The van der Waals surface area contributed by atoms with E-state index in [1.807, 2.05) is 24.3 Å². The Morgan fingerprint density at radius 2 is 1.57 bits per heavy atom. The zero-order valence-electron chi connectivity index (χ0n) is 11.3. The van der Waals surface area contributed by atoms with Crippen molar-refractivity contribution in [1.82, 2.24) is 0 Å².